The van der Waals surface area contributed by atoms with Crippen LogP contribution in [0.5, 0.6) is 0 Å². The number of thiophene rings is 1. The van der Waals surface area contributed by atoms with Crippen molar-refractivity contribution >= 4 is 17.4 Å². The zero-order valence-corrected chi connectivity index (χ0v) is 8.60. The van der Waals surface area contributed by atoms with Gasteiger partial charge in [0.1, 0.15) is 0 Å². The summed E-state index contributed by atoms with van der Waals surface area (Å²) in [5.41, 5.74) is 2.37. The number of hydrogen-bond acceptors (Lipinski definition) is 1. The first kappa shape index (κ1) is 10.1. The van der Waals surface area contributed by atoms with Crippen molar-refractivity contribution in [1.29, 1.82) is 0 Å². The van der Waals surface area contributed by atoms with Crippen LogP contribution in [0.4, 0.5) is 8.78 Å². The van der Waals surface area contributed by atoms with Crippen LogP contribution in [-0.2, 0) is 0 Å². The predicted octanol–water partition coefficient (Wildman–Crippen LogP) is 4.65. The molecule has 0 aliphatic carbocycles. The van der Waals surface area contributed by atoms with Crippen molar-refractivity contribution in [3.8, 4) is 11.1 Å². The summed E-state index contributed by atoms with van der Waals surface area (Å²) in [6.45, 7) is 0. The lowest BCUT2D eigenvalue weighted by molar-refractivity contribution is 0.429. The molecule has 3 heteroatoms. The van der Waals surface area contributed by atoms with E-state index in [0.29, 0.717) is 5.56 Å². The molecule has 1 heterocycles. The lowest BCUT2D eigenvalue weighted by Crippen LogP contribution is -1.80. The quantitative estimate of drug-likeness (QED) is 0.693. The van der Waals surface area contributed by atoms with Gasteiger partial charge in [0.25, 0.3) is 6.08 Å². The number of hydrogen-bond donors (Lipinski definition) is 0. The molecule has 15 heavy (non-hydrogen) atoms. The minimum absolute atomic E-state index is 0.552. The minimum atomic E-state index is -1.67. The van der Waals surface area contributed by atoms with E-state index in [2.05, 4.69) is 0 Å². The van der Waals surface area contributed by atoms with E-state index in [1.165, 1.54) is 0 Å². The summed E-state index contributed by atoms with van der Waals surface area (Å²) in [5, 5.41) is 3.88. The molecule has 0 spiro atoms. The van der Waals surface area contributed by atoms with E-state index in [1.807, 2.05) is 29.0 Å². The standard InChI is InChI=1S/C12H8F2S/c13-12(14)7-9-3-1-2-4-11(9)10-5-6-15-8-10/h1-8H. The average Bonchev–Trinajstić information content (AvgIpc) is 2.70. The van der Waals surface area contributed by atoms with Crippen LogP contribution in [0.1, 0.15) is 5.56 Å². The molecule has 0 aliphatic rings. The highest BCUT2D eigenvalue weighted by Gasteiger charge is 2.03. The van der Waals surface area contributed by atoms with Crippen molar-refractivity contribution in [2.75, 3.05) is 0 Å². The Labute approximate surface area is 90.5 Å². The fourth-order valence-corrected chi connectivity index (χ4v) is 2.08. The fraction of sp³-hybridized carbons (Fsp3) is 0. The zero-order valence-electron chi connectivity index (χ0n) is 7.78. The van der Waals surface area contributed by atoms with E-state index in [1.54, 1.807) is 23.5 Å². The molecular formula is C12H8F2S. The van der Waals surface area contributed by atoms with Gasteiger partial charge in [-0.1, -0.05) is 24.3 Å². The second-order valence-electron chi connectivity index (χ2n) is 3.03. The molecule has 2 rings (SSSR count). The third-order valence-electron chi connectivity index (χ3n) is 2.06. The molecule has 0 saturated heterocycles. The molecule has 0 bridgehead atoms. The van der Waals surface area contributed by atoms with Crippen molar-refractivity contribution < 1.29 is 8.78 Å². The Bertz CT molecular complexity index is 468. The summed E-state index contributed by atoms with van der Waals surface area (Å²) in [6.07, 6.45) is -0.773. The predicted molar refractivity (Wildman–Crippen MR) is 59.9 cm³/mol. The highest BCUT2D eigenvalue weighted by molar-refractivity contribution is 7.08. The number of halogens is 2. The Morgan fingerprint density at radius 3 is 2.60 bits per heavy atom. The van der Waals surface area contributed by atoms with Crippen LogP contribution in [-0.4, -0.2) is 0 Å². The Balaban J connectivity index is 2.52. The Kier molecular flexibility index (Phi) is 2.92. The van der Waals surface area contributed by atoms with Crippen LogP contribution < -0.4 is 0 Å². The van der Waals surface area contributed by atoms with Crippen LogP contribution in [0.3, 0.4) is 0 Å². The van der Waals surface area contributed by atoms with E-state index in [9.17, 15) is 8.78 Å². The zero-order chi connectivity index (χ0) is 10.7. The molecule has 1 aromatic carbocycles. The van der Waals surface area contributed by atoms with Crippen molar-refractivity contribution in [2.45, 2.75) is 0 Å². The van der Waals surface area contributed by atoms with Crippen LogP contribution >= 0.6 is 11.3 Å². The lowest BCUT2D eigenvalue weighted by Gasteiger charge is -2.02. The normalized spacial score (nSPS) is 10.0. The Morgan fingerprint density at radius 2 is 1.93 bits per heavy atom. The van der Waals surface area contributed by atoms with Gasteiger partial charge in [-0.2, -0.15) is 20.1 Å². The second kappa shape index (κ2) is 4.36. The third kappa shape index (κ3) is 2.30. The maximum atomic E-state index is 12.2. The molecule has 0 N–H and O–H groups in total. The van der Waals surface area contributed by atoms with Gasteiger partial charge in [0.15, 0.2) is 0 Å². The van der Waals surface area contributed by atoms with E-state index in [4.69, 9.17) is 0 Å². The van der Waals surface area contributed by atoms with Gasteiger partial charge in [-0.3, -0.25) is 0 Å². The first-order valence-electron chi connectivity index (χ1n) is 4.41. The number of rotatable bonds is 2. The molecular weight excluding hydrogens is 214 g/mol. The van der Waals surface area contributed by atoms with Gasteiger partial charge in [0.2, 0.25) is 0 Å². The van der Waals surface area contributed by atoms with Gasteiger partial charge >= 0.3 is 0 Å². The van der Waals surface area contributed by atoms with Crippen LogP contribution in [0.25, 0.3) is 17.2 Å². The van der Waals surface area contributed by atoms with Gasteiger partial charge in [-0.25, -0.2) is 0 Å². The monoisotopic (exact) mass is 222 g/mol. The molecule has 0 saturated carbocycles. The topological polar surface area (TPSA) is 0 Å². The molecule has 76 valence electrons. The third-order valence-corrected chi connectivity index (χ3v) is 2.74. The first-order chi connectivity index (χ1) is 7.27. The second-order valence-corrected chi connectivity index (χ2v) is 3.81. The molecule has 0 aliphatic heterocycles. The van der Waals surface area contributed by atoms with E-state index in [-0.39, 0.29) is 0 Å². The Morgan fingerprint density at radius 1 is 1.13 bits per heavy atom. The maximum Gasteiger partial charge on any atom is 0.270 e. The molecule has 2 aromatic rings. The SMILES string of the molecule is FC(F)=Cc1ccccc1-c1ccsc1. The summed E-state index contributed by atoms with van der Waals surface area (Å²) < 4.78 is 24.4. The van der Waals surface area contributed by atoms with Gasteiger partial charge in [-0.15, -0.1) is 0 Å². The molecule has 0 fully saturated rings. The van der Waals surface area contributed by atoms with E-state index in [0.717, 1.165) is 17.2 Å². The van der Waals surface area contributed by atoms with E-state index < -0.39 is 6.08 Å². The summed E-state index contributed by atoms with van der Waals surface area (Å²) in [5.74, 6) is 0. The molecule has 0 unspecified atom stereocenters. The summed E-state index contributed by atoms with van der Waals surface area (Å²) in [6, 6.07) is 9.06. The van der Waals surface area contributed by atoms with Crippen molar-refractivity contribution in [1.82, 2.24) is 0 Å². The van der Waals surface area contributed by atoms with Crippen LogP contribution in [0, 0.1) is 0 Å². The summed E-state index contributed by atoms with van der Waals surface area (Å²) in [7, 11) is 0. The van der Waals surface area contributed by atoms with Crippen molar-refractivity contribution in [2.24, 2.45) is 0 Å². The van der Waals surface area contributed by atoms with Gasteiger partial charge in [-0.05, 0) is 33.5 Å². The Hall–Kier alpha value is -1.48. The van der Waals surface area contributed by atoms with Crippen LogP contribution in [0.2, 0.25) is 0 Å². The molecule has 1 aromatic heterocycles. The van der Waals surface area contributed by atoms with Gasteiger partial charge in [0.05, 0.1) is 0 Å². The average molecular weight is 222 g/mol. The van der Waals surface area contributed by atoms with E-state index >= 15 is 0 Å². The first-order valence-corrected chi connectivity index (χ1v) is 5.36. The fourth-order valence-electron chi connectivity index (χ4n) is 1.42. The maximum absolute atomic E-state index is 12.2. The minimum Gasteiger partial charge on any atom is -0.173 e. The summed E-state index contributed by atoms with van der Waals surface area (Å²) in [4.78, 5) is 0. The van der Waals surface area contributed by atoms with Crippen molar-refractivity contribution in [3.05, 3.63) is 52.7 Å². The largest absolute Gasteiger partial charge is 0.270 e. The van der Waals surface area contributed by atoms with Crippen molar-refractivity contribution in [3.63, 3.8) is 0 Å². The van der Waals surface area contributed by atoms with Gasteiger partial charge < -0.3 is 0 Å². The highest BCUT2D eigenvalue weighted by Crippen LogP contribution is 2.27. The lowest BCUT2D eigenvalue weighted by atomic mass is 10.0. The van der Waals surface area contributed by atoms with Gasteiger partial charge in [0, 0.05) is 6.08 Å². The highest BCUT2D eigenvalue weighted by atomic mass is 32.1. The molecule has 0 atom stereocenters. The smallest absolute Gasteiger partial charge is 0.173 e. The summed E-state index contributed by atoms with van der Waals surface area (Å²) >= 11 is 1.55. The number of benzene rings is 1. The molecule has 0 nitrogen and oxygen atoms in total. The molecule has 0 amide bonds. The van der Waals surface area contributed by atoms with Crippen LogP contribution in [0.15, 0.2) is 47.2 Å². The molecule has 0 radical (unpaired) electrons.